The molecule has 0 bridgehead atoms. The number of nitrogens with one attached hydrogen (secondary N) is 2. The zero-order chi connectivity index (χ0) is 21.4. The standard InChI is InChI=1S/C21H28N2O5S/c1-15(2)14-22-21(24)18(12-16-8-6-5-7-9-16)23-29(25,26)17-10-11-19(27-3)20(13-17)28-4/h5-11,13,15,18,23H,12,14H2,1-4H3,(H,22,24). The first-order valence-corrected chi connectivity index (χ1v) is 10.8. The maximum Gasteiger partial charge on any atom is 0.241 e. The van der Waals surface area contributed by atoms with Gasteiger partial charge in [0.05, 0.1) is 19.1 Å². The second-order valence-corrected chi connectivity index (χ2v) is 8.73. The summed E-state index contributed by atoms with van der Waals surface area (Å²) < 4.78 is 38.8. The van der Waals surface area contributed by atoms with Crippen LogP contribution in [0.4, 0.5) is 0 Å². The van der Waals surface area contributed by atoms with E-state index in [4.69, 9.17) is 9.47 Å². The Morgan fingerprint density at radius 1 is 1.00 bits per heavy atom. The smallest absolute Gasteiger partial charge is 0.241 e. The number of hydrogen-bond acceptors (Lipinski definition) is 5. The zero-order valence-corrected chi connectivity index (χ0v) is 18.0. The first-order valence-electron chi connectivity index (χ1n) is 9.32. The normalized spacial score (nSPS) is 12.4. The summed E-state index contributed by atoms with van der Waals surface area (Å²) in [6.45, 7) is 4.41. The van der Waals surface area contributed by atoms with Crippen molar-refractivity contribution < 1.29 is 22.7 Å². The quantitative estimate of drug-likeness (QED) is 0.615. The van der Waals surface area contributed by atoms with E-state index in [0.29, 0.717) is 18.0 Å². The van der Waals surface area contributed by atoms with E-state index < -0.39 is 16.1 Å². The summed E-state index contributed by atoms with van der Waals surface area (Å²) in [5.41, 5.74) is 0.854. The van der Waals surface area contributed by atoms with E-state index in [1.54, 1.807) is 0 Å². The second kappa shape index (κ2) is 10.3. The van der Waals surface area contributed by atoms with E-state index >= 15 is 0 Å². The van der Waals surface area contributed by atoms with Crippen molar-refractivity contribution in [2.24, 2.45) is 5.92 Å². The van der Waals surface area contributed by atoms with E-state index in [9.17, 15) is 13.2 Å². The van der Waals surface area contributed by atoms with Crippen LogP contribution in [0, 0.1) is 5.92 Å². The Balaban J connectivity index is 2.29. The average molecular weight is 421 g/mol. The molecule has 0 spiro atoms. The predicted molar refractivity (Wildman–Crippen MR) is 112 cm³/mol. The molecule has 1 amide bonds. The largest absolute Gasteiger partial charge is 0.493 e. The van der Waals surface area contributed by atoms with Gasteiger partial charge in [-0.3, -0.25) is 4.79 Å². The van der Waals surface area contributed by atoms with Gasteiger partial charge in [-0.1, -0.05) is 44.2 Å². The highest BCUT2D eigenvalue weighted by Gasteiger charge is 2.27. The van der Waals surface area contributed by atoms with Crippen molar-refractivity contribution in [3.8, 4) is 11.5 Å². The molecule has 158 valence electrons. The Bertz CT molecular complexity index is 914. The van der Waals surface area contributed by atoms with Gasteiger partial charge in [-0.05, 0) is 30.0 Å². The Morgan fingerprint density at radius 2 is 1.66 bits per heavy atom. The second-order valence-electron chi connectivity index (χ2n) is 7.02. The van der Waals surface area contributed by atoms with Crippen LogP contribution in [0.5, 0.6) is 11.5 Å². The summed E-state index contributed by atoms with van der Waals surface area (Å²) in [5, 5.41) is 2.81. The first kappa shape index (κ1) is 22.7. The van der Waals surface area contributed by atoms with Crippen LogP contribution < -0.4 is 19.5 Å². The lowest BCUT2D eigenvalue weighted by molar-refractivity contribution is -0.122. The number of ether oxygens (including phenoxy) is 2. The highest BCUT2D eigenvalue weighted by Crippen LogP contribution is 2.29. The fourth-order valence-corrected chi connectivity index (χ4v) is 3.92. The molecule has 29 heavy (non-hydrogen) atoms. The molecule has 0 saturated heterocycles. The fourth-order valence-electron chi connectivity index (χ4n) is 2.70. The lowest BCUT2D eigenvalue weighted by atomic mass is 10.1. The number of rotatable bonds is 10. The third-order valence-corrected chi connectivity index (χ3v) is 5.72. The van der Waals surface area contributed by atoms with Crippen LogP contribution >= 0.6 is 0 Å². The number of sulfonamides is 1. The monoisotopic (exact) mass is 420 g/mol. The summed E-state index contributed by atoms with van der Waals surface area (Å²) in [7, 11) is -1.07. The molecular weight excluding hydrogens is 392 g/mol. The summed E-state index contributed by atoms with van der Waals surface area (Å²) >= 11 is 0. The minimum absolute atomic E-state index is 0.00938. The van der Waals surface area contributed by atoms with E-state index in [2.05, 4.69) is 10.0 Å². The summed E-state index contributed by atoms with van der Waals surface area (Å²) in [4.78, 5) is 12.7. The Morgan fingerprint density at radius 3 is 2.24 bits per heavy atom. The van der Waals surface area contributed by atoms with Crippen molar-refractivity contribution >= 4 is 15.9 Å². The van der Waals surface area contributed by atoms with Crippen LogP contribution in [-0.2, 0) is 21.2 Å². The highest BCUT2D eigenvalue weighted by molar-refractivity contribution is 7.89. The molecule has 0 aliphatic heterocycles. The SMILES string of the molecule is COc1ccc(S(=O)(=O)NC(Cc2ccccc2)C(=O)NCC(C)C)cc1OC. The molecule has 7 nitrogen and oxygen atoms in total. The van der Waals surface area contributed by atoms with Gasteiger partial charge in [-0.15, -0.1) is 0 Å². The summed E-state index contributed by atoms with van der Waals surface area (Å²) in [6.07, 6.45) is 0.233. The number of benzene rings is 2. The van der Waals surface area contributed by atoms with Crippen molar-refractivity contribution in [1.29, 1.82) is 0 Å². The van der Waals surface area contributed by atoms with Crippen LogP contribution in [-0.4, -0.2) is 41.1 Å². The third-order valence-electron chi connectivity index (χ3n) is 4.25. The molecule has 1 unspecified atom stereocenters. The maximum absolute atomic E-state index is 13.0. The lowest BCUT2D eigenvalue weighted by Gasteiger charge is -2.20. The average Bonchev–Trinajstić information content (AvgIpc) is 2.71. The van der Waals surface area contributed by atoms with Crippen LogP contribution in [0.2, 0.25) is 0 Å². The van der Waals surface area contributed by atoms with Crippen LogP contribution in [0.15, 0.2) is 53.4 Å². The predicted octanol–water partition coefficient (Wildman–Crippen LogP) is 2.37. The molecule has 0 radical (unpaired) electrons. The molecule has 0 aromatic heterocycles. The van der Waals surface area contributed by atoms with Crippen molar-refractivity contribution in [2.45, 2.75) is 31.2 Å². The summed E-state index contributed by atoms with van der Waals surface area (Å²) in [5.74, 6) is 0.589. The highest BCUT2D eigenvalue weighted by atomic mass is 32.2. The maximum atomic E-state index is 13.0. The molecule has 2 aromatic rings. The molecule has 2 rings (SSSR count). The van der Waals surface area contributed by atoms with Crippen molar-refractivity contribution in [1.82, 2.24) is 10.0 Å². The van der Waals surface area contributed by atoms with E-state index in [0.717, 1.165) is 5.56 Å². The lowest BCUT2D eigenvalue weighted by Crippen LogP contribution is -2.48. The van der Waals surface area contributed by atoms with Gasteiger partial charge in [-0.25, -0.2) is 8.42 Å². The number of carbonyl (C=O) groups excluding carboxylic acids is 1. The number of methoxy groups -OCH3 is 2. The van der Waals surface area contributed by atoms with Crippen molar-refractivity contribution in [3.63, 3.8) is 0 Å². The molecule has 0 fully saturated rings. The van der Waals surface area contributed by atoms with Crippen molar-refractivity contribution in [3.05, 3.63) is 54.1 Å². The topological polar surface area (TPSA) is 93.7 Å². The van der Waals surface area contributed by atoms with Gasteiger partial charge in [-0.2, -0.15) is 4.72 Å². The van der Waals surface area contributed by atoms with Gasteiger partial charge >= 0.3 is 0 Å². The van der Waals surface area contributed by atoms with Crippen LogP contribution in [0.1, 0.15) is 19.4 Å². The van der Waals surface area contributed by atoms with Gasteiger partial charge in [0.25, 0.3) is 0 Å². The number of hydrogen-bond donors (Lipinski definition) is 2. The first-order chi connectivity index (χ1) is 13.8. The number of carbonyl (C=O) groups is 1. The van der Waals surface area contributed by atoms with Gasteiger partial charge < -0.3 is 14.8 Å². The van der Waals surface area contributed by atoms with Crippen molar-refractivity contribution in [2.75, 3.05) is 20.8 Å². The van der Waals surface area contributed by atoms with E-state index in [1.165, 1.54) is 32.4 Å². The van der Waals surface area contributed by atoms with Gasteiger partial charge in [0.2, 0.25) is 15.9 Å². The molecule has 0 saturated carbocycles. The molecule has 8 heteroatoms. The Kier molecular flexibility index (Phi) is 8.04. The Hall–Kier alpha value is -2.58. The van der Waals surface area contributed by atoms with Gasteiger partial charge in [0, 0.05) is 12.6 Å². The molecule has 0 aliphatic carbocycles. The molecule has 2 aromatic carbocycles. The van der Waals surface area contributed by atoms with Crippen LogP contribution in [0.3, 0.4) is 0 Å². The molecule has 0 aliphatic rings. The van der Waals surface area contributed by atoms with Gasteiger partial charge in [0.15, 0.2) is 11.5 Å². The van der Waals surface area contributed by atoms with E-state index in [1.807, 2.05) is 44.2 Å². The van der Waals surface area contributed by atoms with Crippen LogP contribution in [0.25, 0.3) is 0 Å². The minimum atomic E-state index is -3.97. The van der Waals surface area contributed by atoms with E-state index in [-0.39, 0.29) is 23.1 Å². The zero-order valence-electron chi connectivity index (χ0n) is 17.1. The molecule has 2 N–H and O–H groups in total. The Labute approximate surface area is 172 Å². The number of amides is 1. The fraction of sp³-hybridized carbons (Fsp3) is 0.381. The molecule has 0 heterocycles. The third kappa shape index (κ3) is 6.47. The minimum Gasteiger partial charge on any atom is -0.493 e. The van der Waals surface area contributed by atoms with Gasteiger partial charge in [0.1, 0.15) is 6.04 Å². The molecule has 1 atom stereocenters. The summed E-state index contributed by atoms with van der Waals surface area (Å²) in [6, 6.07) is 12.6. The molecular formula is C21H28N2O5S.